The molecular formula is C11H20Cl2. The monoisotopic (exact) mass is 222 g/mol. The van der Waals surface area contributed by atoms with E-state index in [-0.39, 0.29) is 0 Å². The Kier molecular flexibility index (Phi) is 6.23. The summed E-state index contributed by atoms with van der Waals surface area (Å²) in [5.41, 5.74) is 0. The van der Waals surface area contributed by atoms with Gasteiger partial charge < -0.3 is 0 Å². The van der Waals surface area contributed by atoms with Gasteiger partial charge in [-0.2, -0.15) is 0 Å². The van der Waals surface area contributed by atoms with Gasteiger partial charge >= 0.3 is 0 Å². The molecule has 1 aliphatic carbocycles. The Labute approximate surface area is 92.0 Å². The maximum absolute atomic E-state index is 6.23. The standard InChI is InChI=1S/C11H20Cl2/c12-8-4-7-11(13)9-10-5-2-1-3-6-10/h10-11H,1-9H2. The van der Waals surface area contributed by atoms with Crippen molar-refractivity contribution in [1.29, 1.82) is 0 Å². The zero-order chi connectivity index (χ0) is 9.52. The Morgan fingerprint density at radius 2 is 1.85 bits per heavy atom. The third-order valence-corrected chi connectivity index (χ3v) is 3.63. The normalized spacial score (nSPS) is 21.7. The molecule has 1 saturated carbocycles. The third kappa shape index (κ3) is 5.12. The summed E-state index contributed by atoms with van der Waals surface area (Å²) >= 11 is 11.9. The van der Waals surface area contributed by atoms with Crippen LogP contribution in [0.2, 0.25) is 0 Å². The summed E-state index contributed by atoms with van der Waals surface area (Å²) in [5.74, 6) is 1.67. The van der Waals surface area contributed by atoms with Crippen LogP contribution in [0.25, 0.3) is 0 Å². The van der Waals surface area contributed by atoms with E-state index in [1.807, 2.05) is 0 Å². The van der Waals surface area contributed by atoms with Gasteiger partial charge in [0.1, 0.15) is 0 Å². The van der Waals surface area contributed by atoms with Gasteiger partial charge in [-0.05, 0) is 25.2 Å². The SMILES string of the molecule is ClCCCC(Cl)CC1CCCCC1. The van der Waals surface area contributed by atoms with E-state index in [0.717, 1.165) is 24.6 Å². The Balaban J connectivity index is 2.07. The summed E-state index contributed by atoms with van der Waals surface area (Å²) in [6.07, 6.45) is 10.5. The highest BCUT2D eigenvalue weighted by molar-refractivity contribution is 6.20. The van der Waals surface area contributed by atoms with Crippen molar-refractivity contribution in [3.63, 3.8) is 0 Å². The lowest BCUT2D eigenvalue weighted by molar-refractivity contribution is 0.331. The van der Waals surface area contributed by atoms with Crippen LogP contribution >= 0.6 is 23.2 Å². The number of alkyl halides is 2. The molecule has 0 aromatic carbocycles. The molecule has 0 saturated heterocycles. The molecule has 0 spiro atoms. The molecule has 1 aliphatic rings. The minimum absolute atomic E-state index is 0.377. The molecule has 1 fully saturated rings. The summed E-state index contributed by atoms with van der Waals surface area (Å²) < 4.78 is 0. The smallest absolute Gasteiger partial charge is 0.0339 e. The maximum Gasteiger partial charge on any atom is 0.0339 e. The summed E-state index contributed by atoms with van der Waals surface area (Å²) in [7, 11) is 0. The van der Waals surface area contributed by atoms with Crippen molar-refractivity contribution < 1.29 is 0 Å². The fraction of sp³-hybridized carbons (Fsp3) is 1.00. The number of halogens is 2. The van der Waals surface area contributed by atoms with Gasteiger partial charge in [-0.1, -0.05) is 32.1 Å². The lowest BCUT2D eigenvalue weighted by Gasteiger charge is -2.23. The van der Waals surface area contributed by atoms with Gasteiger partial charge in [0.25, 0.3) is 0 Å². The number of hydrogen-bond acceptors (Lipinski definition) is 0. The van der Waals surface area contributed by atoms with Crippen LogP contribution in [0, 0.1) is 5.92 Å². The first-order chi connectivity index (χ1) is 6.33. The highest BCUT2D eigenvalue weighted by atomic mass is 35.5. The molecule has 0 aliphatic heterocycles. The fourth-order valence-corrected chi connectivity index (χ4v) is 2.76. The first-order valence-electron chi connectivity index (χ1n) is 5.53. The molecule has 2 heteroatoms. The zero-order valence-corrected chi connectivity index (χ0v) is 9.79. The molecule has 13 heavy (non-hydrogen) atoms. The van der Waals surface area contributed by atoms with E-state index in [9.17, 15) is 0 Å². The van der Waals surface area contributed by atoms with Crippen LogP contribution < -0.4 is 0 Å². The topological polar surface area (TPSA) is 0 Å². The average molecular weight is 223 g/mol. The van der Waals surface area contributed by atoms with E-state index < -0.39 is 0 Å². The molecule has 1 atom stereocenters. The van der Waals surface area contributed by atoms with Crippen LogP contribution in [0.1, 0.15) is 51.4 Å². The quantitative estimate of drug-likeness (QED) is 0.598. The number of hydrogen-bond donors (Lipinski definition) is 0. The molecule has 1 unspecified atom stereocenters. The van der Waals surface area contributed by atoms with Crippen molar-refractivity contribution in [2.24, 2.45) is 5.92 Å². The van der Waals surface area contributed by atoms with E-state index in [1.165, 1.54) is 38.5 Å². The summed E-state index contributed by atoms with van der Waals surface area (Å²) in [6, 6.07) is 0. The van der Waals surface area contributed by atoms with Crippen LogP contribution in [0.5, 0.6) is 0 Å². The maximum atomic E-state index is 6.23. The highest BCUT2D eigenvalue weighted by Crippen LogP contribution is 2.29. The van der Waals surface area contributed by atoms with Crippen molar-refractivity contribution in [1.82, 2.24) is 0 Å². The van der Waals surface area contributed by atoms with Crippen molar-refractivity contribution >= 4 is 23.2 Å². The highest BCUT2D eigenvalue weighted by Gasteiger charge is 2.16. The average Bonchev–Trinajstić information content (AvgIpc) is 2.16. The fourth-order valence-electron chi connectivity index (χ4n) is 2.20. The first-order valence-corrected chi connectivity index (χ1v) is 6.50. The molecule has 0 aromatic rings. The molecule has 0 nitrogen and oxygen atoms in total. The zero-order valence-electron chi connectivity index (χ0n) is 8.27. The van der Waals surface area contributed by atoms with E-state index in [2.05, 4.69) is 0 Å². The molecule has 0 N–H and O–H groups in total. The van der Waals surface area contributed by atoms with Crippen LogP contribution in [0.15, 0.2) is 0 Å². The lowest BCUT2D eigenvalue weighted by atomic mass is 9.85. The minimum Gasteiger partial charge on any atom is -0.127 e. The molecular weight excluding hydrogens is 203 g/mol. The summed E-state index contributed by atoms with van der Waals surface area (Å²) in [6.45, 7) is 0. The second-order valence-corrected chi connectivity index (χ2v) is 5.16. The van der Waals surface area contributed by atoms with Gasteiger partial charge in [0.05, 0.1) is 0 Å². The molecule has 1 rings (SSSR count). The van der Waals surface area contributed by atoms with Gasteiger partial charge in [-0.25, -0.2) is 0 Å². The van der Waals surface area contributed by atoms with E-state index in [1.54, 1.807) is 0 Å². The van der Waals surface area contributed by atoms with Crippen LogP contribution in [0.4, 0.5) is 0 Å². The van der Waals surface area contributed by atoms with Gasteiger partial charge in [0, 0.05) is 11.3 Å². The Morgan fingerprint density at radius 3 is 2.46 bits per heavy atom. The van der Waals surface area contributed by atoms with E-state index in [4.69, 9.17) is 23.2 Å². The Morgan fingerprint density at radius 1 is 1.15 bits per heavy atom. The second-order valence-electron chi connectivity index (χ2n) is 4.17. The molecule has 0 amide bonds. The Bertz CT molecular complexity index is 119. The summed E-state index contributed by atoms with van der Waals surface area (Å²) in [5, 5.41) is 0.377. The van der Waals surface area contributed by atoms with Crippen molar-refractivity contribution in [2.45, 2.75) is 56.7 Å². The van der Waals surface area contributed by atoms with Crippen molar-refractivity contribution in [2.75, 3.05) is 5.88 Å². The largest absolute Gasteiger partial charge is 0.127 e. The molecule has 0 bridgehead atoms. The summed E-state index contributed by atoms with van der Waals surface area (Å²) in [4.78, 5) is 0. The van der Waals surface area contributed by atoms with Gasteiger partial charge in [-0.15, -0.1) is 23.2 Å². The first kappa shape index (κ1) is 11.7. The number of rotatable bonds is 5. The van der Waals surface area contributed by atoms with Crippen molar-refractivity contribution in [3.05, 3.63) is 0 Å². The second kappa shape index (κ2) is 6.95. The minimum atomic E-state index is 0.377. The predicted octanol–water partition coefficient (Wildman–Crippen LogP) is 4.58. The van der Waals surface area contributed by atoms with Crippen LogP contribution in [0.3, 0.4) is 0 Å². The molecule has 0 radical (unpaired) electrons. The predicted molar refractivity (Wildman–Crippen MR) is 60.8 cm³/mol. The van der Waals surface area contributed by atoms with Crippen molar-refractivity contribution in [3.8, 4) is 0 Å². The third-order valence-electron chi connectivity index (χ3n) is 2.96. The van der Waals surface area contributed by atoms with E-state index >= 15 is 0 Å². The van der Waals surface area contributed by atoms with Gasteiger partial charge in [-0.3, -0.25) is 0 Å². The van der Waals surface area contributed by atoms with E-state index in [0.29, 0.717) is 5.38 Å². The van der Waals surface area contributed by atoms with Crippen LogP contribution in [-0.4, -0.2) is 11.3 Å². The Hall–Kier alpha value is 0.580. The molecule has 0 aromatic heterocycles. The van der Waals surface area contributed by atoms with Crippen LogP contribution in [-0.2, 0) is 0 Å². The lowest BCUT2D eigenvalue weighted by Crippen LogP contribution is -2.12. The van der Waals surface area contributed by atoms with Gasteiger partial charge in [0.2, 0.25) is 0 Å². The van der Waals surface area contributed by atoms with Gasteiger partial charge in [0.15, 0.2) is 0 Å². The molecule has 78 valence electrons. The molecule has 0 heterocycles.